The van der Waals surface area contributed by atoms with E-state index in [1.807, 2.05) is 18.2 Å². The van der Waals surface area contributed by atoms with Crippen molar-refractivity contribution in [1.29, 1.82) is 0 Å². The highest BCUT2D eigenvalue weighted by Crippen LogP contribution is 2.13. The fourth-order valence-electron chi connectivity index (χ4n) is 1.44. The Bertz CT molecular complexity index is 624. The van der Waals surface area contributed by atoms with Crippen molar-refractivity contribution < 1.29 is 27.8 Å². The Balaban J connectivity index is -0.000000342. The van der Waals surface area contributed by atoms with E-state index in [1.165, 1.54) is 17.7 Å². The molecule has 0 spiro atoms. The maximum Gasteiger partial charge on any atom is 0.413 e. The van der Waals surface area contributed by atoms with Crippen LogP contribution in [0.3, 0.4) is 0 Å². The highest BCUT2D eigenvalue weighted by molar-refractivity contribution is 5.32. The number of halogens is 3. The second kappa shape index (κ2) is 16.6. The second-order valence-corrected chi connectivity index (χ2v) is 4.82. The Morgan fingerprint density at radius 2 is 1.46 bits per heavy atom. The zero-order valence-corrected chi connectivity index (χ0v) is 14.0. The SMILES string of the molecule is C.C.Cc1ccccc1.NOCC(F)(F)F.NOCc1ccc([N+](=O)[O-])cc1. The summed E-state index contributed by atoms with van der Waals surface area (Å²) >= 11 is 0. The summed E-state index contributed by atoms with van der Waals surface area (Å²) < 4.78 is 32.6. The molecule has 2 aromatic carbocycles. The smallest absolute Gasteiger partial charge is 0.300 e. The van der Waals surface area contributed by atoms with Gasteiger partial charge in [-0.25, -0.2) is 11.8 Å². The monoisotopic (exact) mass is 407 g/mol. The third-order valence-corrected chi connectivity index (χ3v) is 2.58. The molecule has 0 fully saturated rings. The van der Waals surface area contributed by atoms with E-state index in [0.717, 1.165) is 5.56 Å². The molecule has 0 bridgehead atoms. The standard InChI is InChI=1S/C7H8N2O3.C7H8.C2H4F3NO.2CH4/c8-12-5-6-1-3-7(4-2-6)9(10)11;1-7-5-3-2-4-6-7;3-2(4,5)1-7-6;;/h1-4H,5,8H2;2-6H,1H3;1,6H2;2*1H4. The Kier molecular flexibility index (Phi) is 17.9. The first-order valence-corrected chi connectivity index (χ1v) is 7.14. The lowest BCUT2D eigenvalue weighted by molar-refractivity contribution is -0.384. The maximum atomic E-state index is 10.9. The van der Waals surface area contributed by atoms with Gasteiger partial charge in [0.05, 0.1) is 11.5 Å². The summed E-state index contributed by atoms with van der Waals surface area (Å²) in [6.07, 6.45) is -4.30. The Labute approximate surface area is 163 Å². The van der Waals surface area contributed by atoms with E-state index >= 15 is 0 Å². The summed E-state index contributed by atoms with van der Waals surface area (Å²) in [4.78, 5) is 17.4. The van der Waals surface area contributed by atoms with Crippen LogP contribution in [0, 0.1) is 17.0 Å². The van der Waals surface area contributed by atoms with Crippen molar-refractivity contribution in [3.63, 3.8) is 0 Å². The van der Waals surface area contributed by atoms with Crippen molar-refractivity contribution in [3.05, 3.63) is 75.8 Å². The minimum absolute atomic E-state index is 0. The van der Waals surface area contributed by atoms with Gasteiger partial charge in [0.25, 0.3) is 5.69 Å². The lowest BCUT2D eigenvalue weighted by atomic mass is 10.2. The van der Waals surface area contributed by atoms with Crippen LogP contribution in [0.4, 0.5) is 18.9 Å². The molecule has 0 aromatic heterocycles. The highest BCUT2D eigenvalue weighted by atomic mass is 19.4. The van der Waals surface area contributed by atoms with Gasteiger partial charge in [0.15, 0.2) is 6.61 Å². The molecule has 0 atom stereocenters. The Morgan fingerprint density at radius 1 is 0.964 bits per heavy atom. The summed E-state index contributed by atoms with van der Waals surface area (Å²) in [5, 5.41) is 10.2. The minimum atomic E-state index is -4.30. The molecule has 0 aliphatic rings. The summed E-state index contributed by atoms with van der Waals surface area (Å²) in [7, 11) is 0. The number of non-ortho nitro benzene ring substituents is 1. The quantitative estimate of drug-likeness (QED) is 0.561. The van der Waals surface area contributed by atoms with Crippen LogP contribution in [-0.4, -0.2) is 17.7 Å². The molecule has 0 unspecified atom stereocenters. The van der Waals surface area contributed by atoms with Gasteiger partial charge in [0.2, 0.25) is 0 Å². The molecule has 0 aliphatic carbocycles. The molecule has 0 saturated carbocycles. The lowest BCUT2D eigenvalue weighted by Gasteiger charge is -2.00. The van der Waals surface area contributed by atoms with E-state index in [-0.39, 0.29) is 27.1 Å². The molecule has 0 aliphatic heterocycles. The van der Waals surface area contributed by atoms with Crippen molar-refractivity contribution >= 4 is 5.69 Å². The van der Waals surface area contributed by atoms with E-state index in [4.69, 9.17) is 5.90 Å². The molecule has 0 radical (unpaired) electrons. The number of hydrogen-bond donors (Lipinski definition) is 2. The number of benzene rings is 2. The maximum absolute atomic E-state index is 10.9. The second-order valence-electron chi connectivity index (χ2n) is 4.82. The van der Waals surface area contributed by atoms with Crippen LogP contribution in [0.2, 0.25) is 0 Å². The summed E-state index contributed by atoms with van der Waals surface area (Å²) in [6.45, 7) is 0.963. The first-order chi connectivity index (χ1) is 12.2. The van der Waals surface area contributed by atoms with Crippen LogP contribution in [-0.2, 0) is 16.3 Å². The molecule has 7 nitrogen and oxygen atoms in total. The van der Waals surface area contributed by atoms with Crippen molar-refractivity contribution in [1.82, 2.24) is 0 Å². The summed E-state index contributed by atoms with van der Waals surface area (Å²) in [5.41, 5.74) is 2.20. The first-order valence-electron chi connectivity index (χ1n) is 7.14. The number of hydrogen-bond acceptors (Lipinski definition) is 6. The third kappa shape index (κ3) is 16.9. The average Bonchev–Trinajstić information content (AvgIpc) is 2.56. The van der Waals surface area contributed by atoms with Gasteiger partial charge in [-0.1, -0.05) is 50.7 Å². The van der Waals surface area contributed by atoms with Crippen molar-refractivity contribution in [3.8, 4) is 0 Å². The molecule has 0 heterocycles. The van der Waals surface area contributed by atoms with Crippen LogP contribution in [0.15, 0.2) is 54.6 Å². The zero-order valence-electron chi connectivity index (χ0n) is 14.0. The van der Waals surface area contributed by atoms with E-state index in [0.29, 0.717) is 0 Å². The molecular weight excluding hydrogens is 379 g/mol. The van der Waals surface area contributed by atoms with Crippen LogP contribution in [0.1, 0.15) is 26.0 Å². The fraction of sp³-hybridized carbons (Fsp3) is 0.333. The van der Waals surface area contributed by atoms with Gasteiger partial charge in [0, 0.05) is 12.1 Å². The predicted molar refractivity (Wildman–Crippen MR) is 103 cm³/mol. The number of rotatable bonds is 4. The minimum Gasteiger partial charge on any atom is -0.300 e. The van der Waals surface area contributed by atoms with Gasteiger partial charge < -0.3 is 0 Å². The normalized spacial score (nSPS) is 9.36. The number of nitrogens with two attached hydrogens (primary N) is 2. The Morgan fingerprint density at radius 3 is 1.71 bits per heavy atom. The molecule has 4 N–H and O–H groups in total. The van der Waals surface area contributed by atoms with E-state index < -0.39 is 17.7 Å². The lowest BCUT2D eigenvalue weighted by Crippen LogP contribution is -2.19. The topological polar surface area (TPSA) is 114 Å². The molecule has 0 saturated heterocycles. The molecule has 0 amide bonds. The van der Waals surface area contributed by atoms with E-state index in [1.54, 1.807) is 12.1 Å². The number of alkyl halides is 3. The van der Waals surface area contributed by atoms with Crippen LogP contribution < -0.4 is 11.8 Å². The van der Waals surface area contributed by atoms with E-state index in [2.05, 4.69) is 34.6 Å². The van der Waals surface area contributed by atoms with Crippen LogP contribution >= 0.6 is 0 Å². The van der Waals surface area contributed by atoms with Crippen LogP contribution in [0.25, 0.3) is 0 Å². The van der Waals surface area contributed by atoms with Crippen molar-refractivity contribution in [2.24, 2.45) is 11.8 Å². The fourth-order valence-corrected chi connectivity index (χ4v) is 1.44. The largest absolute Gasteiger partial charge is 0.413 e. The first kappa shape index (κ1) is 30.2. The number of nitro benzene ring substituents is 1. The van der Waals surface area contributed by atoms with Crippen molar-refractivity contribution in [2.45, 2.75) is 34.6 Å². The van der Waals surface area contributed by atoms with Gasteiger partial charge in [0.1, 0.15) is 0 Å². The highest BCUT2D eigenvalue weighted by Gasteiger charge is 2.26. The number of nitro groups is 1. The van der Waals surface area contributed by atoms with Gasteiger partial charge in [-0.15, -0.1) is 0 Å². The summed E-state index contributed by atoms with van der Waals surface area (Å²) in [6, 6.07) is 16.3. The van der Waals surface area contributed by atoms with Crippen LogP contribution in [0.5, 0.6) is 0 Å². The van der Waals surface area contributed by atoms with E-state index in [9.17, 15) is 23.3 Å². The molecular formula is C18H28F3N3O4. The van der Waals surface area contributed by atoms with Gasteiger partial charge in [-0.3, -0.25) is 19.8 Å². The summed E-state index contributed by atoms with van der Waals surface area (Å²) in [5.74, 6) is 8.92. The molecule has 2 aromatic rings. The number of aryl methyl sites for hydroxylation is 1. The van der Waals surface area contributed by atoms with Crippen molar-refractivity contribution in [2.75, 3.05) is 6.61 Å². The molecule has 10 heteroatoms. The predicted octanol–water partition coefficient (Wildman–Crippen LogP) is 4.69. The van der Waals surface area contributed by atoms with Gasteiger partial charge in [-0.2, -0.15) is 13.2 Å². The molecule has 28 heavy (non-hydrogen) atoms. The molecule has 160 valence electrons. The average molecular weight is 407 g/mol. The number of nitrogens with zero attached hydrogens (tertiary/aromatic N) is 1. The van der Waals surface area contributed by atoms with Gasteiger partial charge in [-0.05, 0) is 24.6 Å². The van der Waals surface area contributed by atoms with Gasteiger partial charge >= 0.3 is 6.18 Å². The third-order valence-electron chi connectivity index (χ3n) is 2.58. The zero-order chi connectivity index (χ0) is 20.0. The molecule has 2 rings (SSSR count). The Hall–Kier alpha value is -2.53.